The summed E-state index contributed by atoms with van der Waals surface area (Å²) >= 11 is 0. The zero-order valence-corrected chi connectivity index (χ0v) is 9.17. The first-order valence-corrected chi connectivity index (χ1v) is 5.22. The van der Waals surface area contributed by atoms with Crippen molar-refractivity contribution in [3.05, 3.63) is 23.9 Å². The Morgan fingerprint density at radius 1 is 1.65 bits per heavy atom. The number of amides is 1. The van der Waals surface area contributed by atoms with Crippen LogP contribution in [0.3, 0.4) is 0 Å². The molecule has 88 valence electrons. The highest BCUT2D eigenvalue weighted by molar-refractivity contribution is 5.92. The molecule has 2 rings (SSSR count). The van der Waals surface area contributed by atoms with Crippen LogP contribution in [-0.2, 0) is 4.74 Å². The van der Waals surface area contributed by atoms with Crippen LogP contribution in [-0.4, -0.2) is 36.7 Å². The van der Waals surface area contributed by atoms with E-state index >= 15 is 0 Å². The highest BCUT2D eigenvalue weighted by Gasteiger charge is 2.20. The molecule has 2 N–H and O–H groups in total. The number of pyridine rings is 1. The number of hydrogen-bond donors (Lipinski definition) is 1. The van der Waals surface area contributed by atoms with Gasteiger partial charge in [-0.05, 0) is 12.1 Å². The second-order valence-electron chi connectivity index (χ2n) is 3.70. The van der Waals surface area contributed by atoms with Gasteiger partial charge in [0.2, 0.25) is 5.91 Å². The Kier molecular flexibility index (Phi) is 3.21. The fourth-order valence-electron chi connectivity index (χ4n) is 1.65. The van der Waals surface area contributed by atoms with Crippen molar-refractivity contribution < 1.29 is 9.53 Å². The highest BCUT2D eigenvalue weighted by atomic mass is 16.5. The number of nitrogens with zero attached hydrogens (tertiary/aromatic N) is 3. The number of anilines is 1. The first kappa shape index (κ1) is 11.4. The average Bonchev–Trinajstić information content (AvgIpc) is 2.39. The standard InChI is InChI=1S/C11H12N4O2/c12-5-9-7-15(3-4-17-9)10-2-1-8(6-14-10)11(13)16/h1-2,6,9H,3-4,7H2,(H2,13,16). The number of hydrogen-bond acceptors (Lipinski definition) is 5. The van der Waals surface area contributed by atoms with Gasteiger partial charge in [-0.2, -0.15) is 5.26 Å². The fourth-order valence-corrected chi connectivity index (χ4v) is 1.65. The highest BCUT2D eigenvalue weighted by Crippen LogP contribution is 2.15. The zero-order chi connectivity index (χ0) is 12.3. The molecule has 6 nitrogen and oxygen atoms in total. The minimum atomic E-state index is -0.499. The predicted molar refractivity (Wildman–Crippen MR) is 60.3 cm³/mol. The molecule has 0 aliphatic carbocycles. The van der Waals surface area contributed by atoms with E-state index in [1.807, 2.05) is 4.90 Å². The lowest BCUT2D eigenvalue weighted by atomic mass is 10.2. The van der Waals surface area contributed by atoms with E-state index in [2.05, 4.69) is 11.1 Å². The zero-order valence-electron chi connectivity index (χ0n) is 9.17. The van der Waals surface area contributed by atoms with Crippen molar-refractivity contribution >= 4 is 11.7 Å². The van der Waals surface area contributed by atoms with Gasteiger partial charge in [0.05, 0.1) is 24.8 Å². The first-order chi connectivity index (χ1) is 8.20. The molecule has 17 heavy (non-hydrogen) atoms. The lowest BCUT2D eigenvalue weighted by molar-refractivity contribution is 0.0761. The number of carbonyl (C=O) groups is 1. The van der Waals surface area contributed by atoms with E-state index in [-0.39, 0.29) is 0 Å². The van der Waals surface area contributed by atoms with Crippen molar-refractivity contribution in [1.82, 2.24) is 4.98 Å². The Bertz CT molecular complexity index is 452. The molecule has 6 heteroatoms. The number of primary amides is 1. The summed E-state index contributed by atoms with van der Waals surface area (Å²) in [5.41, 5.74) is 5.50. The molecular weight excluding hydrogens is 220 g/mol. The normalized spacial score (nSPS) is 19.7. The molecule has 1 unspecified atom stereocenters. The topological polar surface area (TPSA) is 92.2 Å². The van der Waals surface area contributed by atoms with Crippen molar-refractivity contribution in [2.45, 2.75) is 6.10 Å². The van der Waals surface area contributed by atoms with Crippen LogP contribution in [0, 0.1) is 11.3 Å². The SMILES string of the molecule is N#CC1CN(c2ccc(C(N)=O)cn2)CCO1. The van der Waals surface area contributed by atoms with Crippen molar-refractivity contribution in [2.24, 2.45) is 5.73 Å². The number of carbonyl (C=O) groups excluding carboxylic acids is 1. The number of rotatable bonds is 2. The summed E-state index contributed by atoms with van der Waals surface area (Å²) < 4.78 is 5.24. The third-order valence-electron chi connectivity index (χ3n) is 2.57. The van der Waals surface area contributed by atoms with Crippen LogP contribution in [0.1, 0.15) is 10.4 Å². The molecule has 0 spiro atoms. The number of aromatic nitrogens is 1. The summed E-state index contributed by atoms with van der Waals surface area (Å²) in [6, 6.07) is 5.42. The van der Waals surface area contributed by atoms with Crippen LogP contribution < -0.4 is 10.6 Å². The molecule has 0 aromatic carbocycles. The van der Waals surface area contributed by atoms with Crippen LogP contribution >= 0.6 is 0 Å². The molecule has 0 radical (unpaired) electrons. The van der Waals surface area contributed by atoms with Gasteiger partial charge >= 0.3 is 0 Å². The lowest BCUT2D eigenvalue weighted by Gasteiger charge is -2.30. The number of nitriles is 1. The van der Waals surface area contributed by atoms with E-state index in [9.17, 15) is 4.79 Å². The minimum Gasteiger partial charge on any atom is -0.366 e. The van der Waals surface area contributed by atoms with Crippen LogP contribution in [0.25, 0.3) is 0 Å². The van der Waals surface area contributed by atoms with E-state index in [1.54, 1.807) is 12.1 Å². The molecular formula is C11H12N4O2. The maximum Gasteiger partial charge on any atom is 0.250 e. The molecule has 1 aromatic rings. The number of ether oxygens (including phenoxy) is 1. The molecule has 0 saturated carbocycles. The Balaban J connectivity index is 2.12. The summed E-state index contributed by atoms with van der Waals surface area (Å²) in [5, 5.41) is 8.79. The van der Waals surface area contributed by atoms with Gasteiger partial charge in [-0.3, -0.25) is 4.79 Å². The number of nitrogens with two attached hydrogens (primary N) is 1. The quantitative estimate of drug-likeness (QED) is 0.769. The smallest absolute Gasteiger partial charge is 0.250 e. The third-order valence-corrected chi connectivity index (χ3v) is 2.57. The lowest BCUT2D eigenvalue weighted by Crippen LogP contribution is -2.42. The third kappa shape index (κ3) is 2.52. The summed E-state index contributed by atoms with van der Waals surface area (Å²) in [6.07, 6.45) is 1.01. The van der Waals surface area contributed by atoms with Crippen molar-refractivity contribution in [3.8, 4) is 6.07 Å². The predicted octanol–water partition coefficient (Wildman–Crippen LogP) is -0.0907. The first-order valence-electron chi connectivity index (χ1n) is 5.22. The van der Waals surface area contributed by atoms with E-state index in [1.165, 1.54) is 6.20 Å². The van der Waals surface area contributed by atoms with Crippen LogP contribution in [0.2, 0.25) is 0 Å². The van der Waals surface area contributed by atoms with E-state index in [0.717, 1.165) is 5.82 Å². The summed E-state index contributed by atoms with van der Waals surface area (Å²) in [4.78, 5) is 17.0. The van der Waals surface area contributed by atoms with Crippen LogP contribution in [0.15, 0.2) is 18.3 Å². The van der Waals surface area contributed by atoms with Gasteiger partial charge in [0.15, 0.2) is 6.10 Å². The Morgan fingerprint density at radius 3 is 3.06 bits per heavy atom. The largest absolute Gasteiger partial charge is 0.366 e. The number of morpholine rings is 1. The Labute approximate surface area is 98.6 Å². The molecule has 1 saturated heterocycles. The van der Waals surface area contributed by atoms with Crippen LogP contribution in [0.5, 0.6) is 0 Å². The molecule has 2 heterocycles. The maximum absolute atomic E-state index is 10.9. The van der Waals surface area contributed by atoms with Gasteiger partial charge in [-0.25, -0.2) is 4.98 Å². The average molecular weight is 232 g/mol. The minimum absolute atomic E-state index is 0.374. The fraction of sp³-hybridized carbons (Fsp3) is 0.364. The van der Waals surface area contributed by atoms with E-state index in [4.69, 9.17) is 15.7 Å². The Hall–Kier alpha value is -2.13. The molecule has 1 aromatic heterocycles. The summed E-state index contributed by atoms with van der Waals surface area (Å²) in [6.45, 7) is 1.66. The van der Waals surface area contributed by atoms with Gasteiger partial charge in [-0.15, -0.1) is 0 Å². The second kappa shape index (κ2) is 4.80. The molecule has 1 amide bonds. The van der Waals surface area contributed by atoms with Gasteiger partial charge in [-0.1, -0.05) is 0 Å². The maximum atomic E-state index is 10.9. The molecule has 1 atom stereocenters. The van der Waals surface area contributed by atoms with E-state index in [0.29, 0.717) is 25.3 Å². The summed E-state index contributed by atoms with van der Waals surface area (Å²) in [5.74, 6) is 0.222. The summed E-state index contributed by atoms with van der Waals surface area (Å²) in [7, 11) is 0. The molecule has 1 aliphatic rings. The molecule has 1 aliphatic heterocycles. The van der Waals surface area contributed by atoms with Gasteiger partial charge in [0, 0.05) is 12.7 Å². The van der Waals surface area contributed by atoms with Crippen molar-refractivity contribution in [2.75, 3.05) is 24.6 Å². The molecule has 0 bridgehead atoms. The van der Waals surface area contributed by atoms with Gasteiger partial charge in [0.25, 0.3) is 0 Å². The van der Waals surface area contributed by atoms with Gasteiger partial charge < -0.3 is 15.4 Å². The second-order valence-corrected chi connectivity index (χ2v) is 3.70. The van der Waals surface area contributed by atoms with Crippen LogP contribution in [0.4, 0.5) is 5.82 Å². The van der Waals surface area contributed by atoms with Gasteiger partial charge in [0.1, 0.15) is 5.82 Å². The van der Waals surface area contributed by atoms with Crippen molar-refractivity contribution in [3.63, 3.8) is 0 Å². The Morgan fingerprint density at radius 2 is 2.47 bits per heavy atom. The monoisotopic (exact) mass is 232 g/mol. The molecule has 1 fully saturated rings. The van der Waals surface area contributed by atoms with Crippen molar-refractivity contribution in [1.29, 1.82) is 5.26 Å². The van der Waals surface area contributed by atoms with E-state index < -0.39 is 12.0 Å².